The lowest BCUT2D eigenvalue weighted by atomic mass is 9.82. The van der Waals surface area contributed by atoms with Crippen LogP contribution in [0.5, 0.6) is 0 Å². The van der Waals surface area contributed by atoms with Gasteiger partial charge in [-0.25, -0.2) is 0 Å². The molecule has 3 N–H and O–H groups in total. The predicted molar refractivity (Wildman–Crippen MR) is 54.5 cm³/mol. The summed E-state index contributed by atoms with van der Waals surface area (Å²) in [4.78, 5) is 0. The molecular weight excluding hydrogens is 166 g/mol. The van der Waals surface area contributed by atoms with Crippen molar-refractivity contribution in [1.82, 2.24) is 0 Å². The SMILES string of the molecule is CCCC(CN)C(C)(O)C(C)OC. The molecule has 0 aromatic carbocycles. The van der Waals surface area contributed by atoms with Crippen molar-refractivity contribution in [1.29, 1.82) is 0 Å². The van der Waals surface area contributed by atoms with Gasteiger partial charge in [-0.1, -0.05) is 13.3 Å². The van der Waals surface area contributed by atoms with Crippen LogP contribution < -0.4 is 5.73 Å². The Balaban J connectivity index is 4.36. The fraction of sp³-hybridized carbons (Fsp3) is 1.00. The Labute approximate surface area is 81.3 Å². The number of nitrogens with two attached hydrogens (primary N) is 1. The van der Waals surface area contributed by atoms with Gasteiger partial charge in [-0.05, 0) is 26.8 Å². The van der Waals surface area contributed by atoms with E-state index in [1.165, 1.54) is 0 Å². The fourth-order valence-electron chi connectivity index (χ4n) is 1.57. The molecule has 0 aromatic rings. The maximum Gasteiger partial charge on any atom is 0.0917 e. The van der Waals surface area contributed by atoms with Crippen LogP contribution >= 0.6 is 0 Å². The minimum atomic E-state index is -0.820. The smallest absolute Gasteiger partial charge is 0.0917 e. The van der Waals surface area contributed by atoms with Gasteiger partial charge in [0.1, 0.15) is 0 Å². The standard InChI is InChI=1S/C10H23NO2/c1-5-6-9(7-11)10(3,12)8(2)13-4/h8-9,12H,5-7,11H2,1-4H3. The molecule has 0 aromatic heterocycles. The number of hydrogen-bond acceptors (Lipinski definition) is 3. The first kappa shape index (κ1) is 12.9. The first-order chi connectivity index (χ1) is 6.00. The number of aliphatic hydroxyl groups is 1. The largest absolute Gasteiger partial charge is 0.387 e. The van der Waals surface area contributed by atoms with Crippen molar-refractivity contribution in [2.75, 3.05) is 13.7 Å². The highest BCUT2D eigenvalue weighted by Gasteiger charge is 2.35. The van der Waals surface area contributed by atoms with Gasteiger partial charge >= 0.3 is 0 Å². The average molecular weight is 189 g/mol. The Hall–Kier alpha value is -0.120. The first-order valence-corrected chi connectivity index (χ1v) is 4.95. The van der Waals surface area contributed by atoms with E-state index in [0.717, 1.165) is 12.8 Å². The molecule has 3 atom stereocenters. The topological polar surface area (TPSA) is 55.5 Å². The zero-order valence-electron chi connectivity index (χ0n) is 9.21. The minimum absolute atomic E-state index is 0.118. The lowest BCUT2D eigenvalue weighted by Crippen LogP contribution is -2.48. The van der Waals surface area contributed by atoms with Crippen LogP contribution in [0.15, 0.2) is 0 Å². The van der Waals surface area contributed by atoms with Crippen LogP contribution in [0.25, 0.3) is 0 Å². The monoisotopic (exact) mass is 189 g/mol. The molecule has 3 unspecified atom stereocenters. The summed E-state index contributed by atoms with van der Waals surface area (Å²) in [6.07, 6.45) is 1.80. The molecule has 0 spiro atoms. The van der Waals surface area contributed by atoms with Gasteiger partial charge in [0.05, 0.1) is 11.7 Å². The Morgan fingerprint density at radius 1 is 1.54 bits per heavy atom. The van der Waals surface area contributed by atoms with Crippen LogP contribution in [0, 0.1) is 5.92 Å². The zero-order valence-corrected chi connectivity index (χ0v) is 9.21. The van der Waals surface area contributed by atoms with Crippen molar-refractivity contribution >= 4 is 0 Å². The molecule has 3 heteroatoms. The Morgan fingerprint density at radius 2 is 2.08 bits per heavy atom. The summed E-state index contributed by atoms with van der Waals surface area (Å²) < 4.78 is 5.14. The van der Waals surface area contributed by atoms with Gasteiger partial charge in [0, 0.05) is 13.0 Å². The second kappa shape index (κ2) is 5.58. The van der Waals surface area contributed by atoms with Gasteiger partial charge in [0.25, 0.3) is 0 Å². The van der Waals surface area contributed by atoms with Gasteiger partial charge in [-0.15, -0.1) is 0 Å². The lowest BCUT2D eigenvalue weighted by Gasteiger charge is -2.36. The maximum atomic E-state index is 10.2. The molecule has 0 fully saturated rings. The second-order valence-electron chi connectivity index (χ2n) is 3.83. The number of hydrogen-bond donors (Lipinski definition) is 2. The molecule has 0 aliphatic rings. The summed E-state index contributed by atoms with van der Waals surface area (Å²) in [5.74, 6) is 0.118. The quantitative estimate of drug-likeness (QED) is 0.659. The molecule has 0 rings (SSSR count). The van der Waals surface area contributed by atoms with E-state index in [-0.39, 0.29) is 12.0 Å². The zero-order chi connectivity index (χ0) is 10.5. The third-order valence-corrected chi connectivity index (χ3v) is 2.92. The molecular formula is C10H23NO2. The van der Waals surface area contributed by atoms with E-state index >= 15 is 0 Å². The molecule has 0 heterocycles. The molecule has 0 aliphatic heterocycles. The molecule has 0 radical (unpaired) electrons. The van der Waals surface area contributed by atoms with Crippen LogP contribution in [0.2, 0.25) is 0 Å². The summed E-state index contributed by atoms with van der Waals surface area (Å²) in [7, 11) is 1.61. The Morgan fingerprint density at radius 3 is 2.38 bits per heavy atom. The Bertz CT molecular complexity index is 137. The number of methoxy groups -OCH3 is 1. The van der Waals surface area contributed by atoms with Gasteiger partial charge in [0.15, 0.2) is 0 Å². The molecule has 0 saturated heterocycles. The molecule has 0 saturated carbocycles. The van der Waals surface area contributed by atoms with Gasteiger partial charge < -0.3 is 15.6 Å². The third kappa shape index (κ3) is 3.25. The van der Waals surface area contributed by atoms with E-state index in [1.807, 2.05) is 6.92 Å². The van der Waals surface area contributed by atoms with Crippen LogP contribution in [0.4, 0.5) is 0 Å². The highest BCUT2D eigenvalue weighted by atomic mass is 16.5. The highest BCUT2D eigenvalue weighted by Crippen LogP contribution is 2.26. The van der Waals surface area contributed by atoms with Gasteiger partial charge in [-0.3, -0.25) is 0 Å². The summed E-state index contributed by atoms with van der Waals surface area (Å²) in [5.41, 5.74) is 4.80. The summed E-state index contributed by atoms with van der Waals surface area (Å²) in [6.45, 7) is 6.28. The normalized spacial score (nSPS) is 20.8. The molecule has 0 bridgehead atoms. The van der Waals surface area contributed by atoms with Crippen molar-refractivity contribution in [3.8, 4) is 0 Å². The van der Waals surface area contributed by atoms with E-state index in [4.69, 9.17) is 10.5 Å². The average Bonchev–Trinajstić information content (AvgIpc) is 2.12. The summed E-state index contributed by atoms with van der Waals surface area (Å²) in [6, 6.07) is 0. The minimum Gasteiger partial charge on any atom is -0.387 e. The Kier molecular flexibility index (Phi) is 5.53. The third-order valence-electron chi connectivity index (χ3n) is 2.92. The summed E-state index contributed by atoms with van der Waals surface area (Å²) >= 11 is 0. The van der Waals surface area contributed by atoms with Crippen LogP contribution in [-0.4, -0.2) is 30.5 Å². The molecule has 13 heavy (non-hydrogen) atoms. The first-order valence-electron chi connectivity index (χ1n) is 4.95. The molecule has 3 nitrogen and oxygen atoms in total. The van der Waals surface area contributed by atoms with Crippen LogP contribution in [0.1, 0.15) is 33.6 Å². The van der Waals surface area contributed by atoms with E-state index in [2.05, 4.69) is 6.92 Å². The van der Waals surface area contributed by atoms with E-state index < -0.39 is 5.60 Å². The maximum absolute atomic E-state index is 10.2. The van der Waals surface area contributed by atoms with Gasteiger partial charge in [-0.2, -0.15) is 0 Å². The van der Waals surface area contributed by atoms with Crippen molar-refractivity contribution < 1.29 is 9.84 Å². The van der Waals surface area contributed by atoms with Crippen molar-refractivity contribution in [3.05, 3.63) is 0 Å². The predicted octanol–water partition coefficient (Wildman–Crippen LogP) is 1.15. The molecule has 80 valence electrons. The fourth-order valence-corrected chi connectivity index (χ4v) is 1.57. The summed E-state index contributed by atoms with van der Waals surface area (Å²) in [5, 5.41) is 10.2. The van der Waals surface area contributed by atoms with Crippen molar-refractivity contribution in [2.24, 2.45) is 11.7 Å². The second-order valence-corrected chi connectivity index (χ2v) is 3.83. The highest BCUT2D eigenvalue weighted by molar-refractivity contribution is 4.87. The van der Waals surface area contributed by atoms with Crippen LogP contribution in [-0.2, 0) is 4.74 Å². The number of rotatable bonds is 6. The van der Waals surface area contributed by atoms with E-state index in [0.29, 0.717) is 6.54 Å². The molecule has 0 amide bonds. The van der Waals surface area contributed by atoms with Crippen molar-refractivity contribution in [2.45, 2.75) is 45.3 Å². The van der Waals surface area contributed by atoms with E-state index in [9.17, 15) is 5.11 Å². The lowest BCUT2D eigenvalue weighted by molar-refractivity contribution is -0.108. The van der Waals surface area contributed by atoms with Gasteiger partial charge in [0.2, 0.25) is 0 Å². The number of ether oxygens (including phenoxy) is 1. The van der Waals surface area contributed by atoms with Crippen LogP contribution in [0.3, 0.4) is 0 Å². The van der Waals surface area contributed by atoms with Crippen molar-refractivity contribution in [3.63, 3.8) is 0 Å². The van der Waals surface area contributed by atoms with E-state index in [1.54, 1.807) is 14.0 Å². The molecule has 0 aliphatic carbocycles.